The molecular formula is C16H21N3O2S. The van der Waals surface area contributed by atoms with Gasteiger partial charge in [0, 0.05) is 31.2 Å². The monoisotopic (exact) mass is 319 g/mol. The topological polar surface area (TPSA) is 71.1 Å². The summed E-state index contributed by atoms with van der Waals surface area (Å²) in [4.78, 5) is 4.01. The molecule has 2 rings (SSSR count). The molecule has 6 heteroatoms. The van der Waals surface area contributed by atoms with Crippen LogP contribution in [0.2, 0.25) is 0 Å². The second-order valence-corrected chi connectivity index (χ2v) is 7.06. The van der Waals surface area contributed by atoms with Crippen molar-refractivity contribution in [3.8, 4) is 0 Å². The van der Waals surface area contributed by atoms with Gasteiger partial charge in [0.05, 0.1) is 5.75 Å². The minimum Gasteiger partial charge on any atom is -0.383 e. The Labute approximate surface area is 131 Å². The summed E-state index contributed by atoms with van der Waals surface area (Å²) in [6.45, 7) is 4.80. The van der Waals surface area contributed by atoms with Crippen LogP contribution in [0.15, 0.2) is 42.7 Å². The number of aryl methyl sites for hydroxylation is 2. The molecule has 0 aliphatic rings. The molecule has 0 unspecified atom stereocenters. The van der Waals surface area contributed by atoms with E-state index in [2.05, 4.69) is 15.0 Å². The van der Waals surface area contributed by atoms with E-state index in [1.807, 2.05) is 44.2 Å². The fourth-order valence-electron chi connectivity index (χ4n) is 2.03. The minimum atomic E-state index is -3.31. The Morgan fingerprint density at radius 1 is 1.05 bits per heavy atom. The maximum Gasteiger partial charge on any atom is 0.215 e. The van der Waals surface area contributed by atoms with Gasteiger partial charge in [0.1, 0.15) is 0 Å². The Morgan fingerprint density at radius 3 is 2.45 bits per heavy atom. The van der Waals surface area contributed by atoms with Crippen LogP contribution in [0.3, 0.4) is 0 Å². The summed E-state index contributed by atoms with van der Waals surface area (Å²) < 4.78 is 26.6. The van der Waals surface area contributed by atoms with E-state index >= 15 is 0 Å². The first-order valence-corrected chi connectivity index (χ1v) is 8.79. The summed E-state index contributed by atoms with van der Waals surface area (Å²) >= 11 is 0. The first-order valence-electron chi connectivity index (χ1n) is 7.14. The lowest BCUT2D eigenvalue weighted by atomic mass is 10.2. The Kier molecular flexibility index (Phi) is 5.51. The molecule has 0 radical (unpaired) electrons. The number of nitrogens with one attached hydrogen (secondary N) is 2. The number of rotatable bonds is 7. The van der Waals surface area contributed by atoms with Crippen LogP contribution in [0.5, 0.6) is 0 Å². The second kappa shape index (κ2) is 7.38. The van der Waals surface area contributed by atoms with Crippen LogP contribution in [0.4, 0.5) is 5.69 Å². The van der Waals surface area contributed by atoms with E-state index in [0.717, 1.165) is 22.4 Å². The number of hydrogen-bond donors (Lipinski definition) is 2. The van der Waals surface area contributed by atoms with Gasteiger partial charge in [-0.05, 0) is 31.0 Å². The van der Waals surface area contributed by atoms with Crippen molar-refractivity contribution in [3.05, 3.63) is 59.4 Å². The highest BCUT2D eigenvalue weighted by molar-refractivity contribution is 7.88. The summed E-state index contributed by atoms with van der Waals surface area (Å²) in [6, 6.07) is 9.38. The lowest BCUT2D eigenvalue weighted by molar-refractivity contribution is 0.582. The molecule has 0 bridgehead atoms. The van der Waals surface area contributed by atoms with Crippen molar-refractivity contribution in [2.45, 2.75) is 19.6 Å². The molecule has 0 saturated carbocycles. The van der Waals surface area contributed by atoms with E-state index in [-0.39, 0.29) is 5.75 Å². The molecule has 0 aliphatic carbocycles. The van der Waals surface area contributed by atoms with Crippen molar-refractivity contribution in [3.63, 3.8) is 0 Å². The van der Waals surface area contributed by atoms with Gasteiger partial charge in [0.15, 0.2) is 0 Å². The molecule has 1 heterocycles. The molecule has 1 aromatic heterocycles. The van der Waals surface area contributed by atoms with Gasteiger partial charge in [0.25, 0.3) is 0 Å². The lowest BCUT2D eigenvalue weighted by Crippen LogP contribution is -2.30. The summed E-state index contributed by atoms with van der Waals surface area (Å²) in [7, 11) is -3.31. The molecule has 0 atom stereocenters. The van der Waals surface area contributed by atoms with Crippen LogP contribution in [0.1, 0.15) is 16.7 Å². The third kappa shape index (κ3) is 5.13. The lowest BCUT2D eigenvalue weighted by Gasteiger charge is -2.10. The standard InChI is InChI=1S/C16H21N3O2S/c1-13-3-5-15(6-4-13)12-22(20,21)19-10-9-18-16-7-8-17-11-14(16)2/h3-8,11,19H,9-10,12H2,1-2H3,(H,17,18). The van der Waals surface area contributed by atoms with E-state index < -0.39 is 10.0 Å². The van der Waals surface area contributed by atoms with Gasteiger partial charge >= 0.3 is 0 Å². The van der Waals surface area contributed by atoms with Crippen molar-refractivity contribution < 1.29 is 8.42 Å². The third-order valence-electron chi connectivity index (χ3n) is 3.26. The van der Waals surface area contributed by atoms with Gasteiger partial charge in [0.2, 0.25) is 10.0 Å². The highest BCUT2D eigenvalue weighted by atomic mass is 32.2. The number of sulfonamides is 1. The van der Waals surface area contributed by atoms with Gasteiger partial charge in [-0.25, -0.2) is 13.1 Å². The first kappa shape index (κ1) is 16.5. The fraction of sp³-hybridized carbons (Fsp3) is 0.312. The SMILES string of the molecule is Cc1ccc(CS(=O)(=O)NCCNc2ccncc2C)cc1. The first-order chi connectivity index (χ1) is 10.5. The van der Waals surface area contributed by atoms with Crippen LogP contribution >= 0.6 is 0 Å². The molecule has 0 saturated heterocycles. The smallest absolute Gasteiger partial charge is 0.215 e. The van der Waals surface area contributed by atoms with E-state index in [9.17, 15) is 8.42 Å². The quantitative estimate of drug-likeness (QED) is 0.768. The number of pyridine rings is 1. The second-order valence-electron chi connectivity index (χ2n) is 5.26. The number of benzene rings is 1. The predicted molar refractivity (Wildman–Crippen MR) is 89.3 cm³/mol. The van der Waals surface area contributed by atoms with Gasteiger partial charge in [-0.1, -0.05) is 29.8 Å². The van der Waals surface area contributed by atoms with E-state index in [4.69, 9.17) is 0 Å². The fourth-order valence-corrected chi connectivity index (χ4v) is 3.18. The molecular weight excluding hydrogens is 298 g/mol. The zero-order valence-electron chi connectivity index (χ0n) is 12.8. The van der Waals surface area contributed by atoms with Crippen LogP contribution < -0.4 is 10.0 Å². The molecule has 0 aliphatic heterocycles. The molecule has 0 fully saturated rings. The number of nitrogens with zero attached hydrogens (tertiary/aromatic N) is 1. The summed E-state index contributed by atoms with van der Waals surface area (Å²) in [5.74, 6) is 0.00155. The average Bonchev–Trinajstić information content (AvgIpc) is 2.47. The van der Waals surface area contributed by atoms with Crippen LogP contribution in [-0.2, 0) is 15.8 Å². The Hall–Kier alpha value is -1.92. The Morgan fingerprint density at radius 2 is 1.77 bits per heavy atom. The zero-order chi connectivity index (χ0) is 16.0. The molecule has 22 heavy (non-hydrogen) atoms. The average molecular weight is 319 g/mol. The maximum absolute atomic E-state index is 12.0. The Balaban J connectivity index is 1.80. The van der Waals surface area contributed by atoms with Crippen molar-refractivity contribution in [1.82, 2.24) is 9.71 Å². The summed E-state index contributed by atoms with van der Waals surface area (Å²) in [5.41, 5.74) is 3.90. The van der Waals surface area contributed by atoms with Crippen LogP contribution in [0, 0.1) is 13.8 Å². The molecule has 0 amide bonds. The van der Waals surface area contributed by atoms with Crippen molar-refractivity contribution >= 4 is 15.7 Å². The van der Waals surface area contributed by atoms with Gasteiger partial charge in [-0.15, -0.1) is 0 Å². The van der Waals surface area contributed by atoms with Crippen molar-refractivity contribution in [2.24, 2.45) is 0 Å². The van der Waals surface area contributed by atoms with E-state index in [1.165, 1.54) is 0 Å². The highest BCUT2D eigenvalue weighted by Gasteiger charge is 2.10. The molecule has 5 nitrogen and oxygen atoms in total. The zero-order valence-corrected chi connectivity index (χ0v) is 13.7. The molecule has 118 valence electrons. The molecule has 1 aromatic carbocycles. The van der Waals surface area contributed by atoms with Gasteiger partial charge < -0.3 is 5.32 Å². The highest BCUT2D eigenvalue weighted by Crippen LogP contribution is 2.10. The molecule has 2 N–H and O–H groups in total. The summed E-state index contributed by atoms with van der Waals surface area (Å²) in [5, 5.41) is 3.19. The minimum absolute atomic E-state index is 0.00155. The van der Waals surface area contributed by atoms with Crippen LogP contribution in [-0.4, -0.2) is 26.5 Å². The number of anilines is 1. The normalized spacial score (nSPS) is 11.4. The number of hydrogen-bond acceptors (Lipinski definition) is 4. The van der Waals surface area contributed by atoms with Gasteiger partial charge in [-0.3, -0.25) is 4.98 Å². The Bertz CT molecular complexity index is 712. The van der Waals surface area contributed by atoms with Crippen LogP contribution in [0.25, 0.3) is 0 Å². The molecule has 0 spiro atoms. The van der Waals surface area contributed by atoms with E-state index in [0.29, 0.717) is 13.1 Å². The number of aromatic nitrogens is 1. The molecule has 2 aromatic rings. The van der Waals surface area contributed by atoms with E-state index in [1.54, 1.807) is 12.4 Å². The predicted octanol–water partition coefficient (Wildman–Crippen LogP) is 2.23. The third-order valence-corrected chi connectivity index (χ3v) is 4.62. The van der Waals surface area contributed by atoms with Gasteiger partial charge in [-0.2, -0.15) is 0 Å². The van der Waals surface area contributed by atoms with Crippen molar-refractivity contribution in [2.75, 3.05) is 18.4 Å². The summed E-state index contributed by atoms with van der Waals surface area (Å²) in [6.07, 6.45) is 3.47. The van der Waals surface area contributed by atoms with Crippen molar-refractivity contribution in [1.29, 1.82) is 0 Å². The maximum atomic E-state index is 12.0. The largest absolute Gasteiger partial charge is 0.383 e.